The lowest BCUT2D eigenvalue weighted by Crippen LogP contribution is -2.31. The maximum Gasteiger partial charge on any atom is 0.228 e. The molecule has 1 saturated heterocycles. The Bertz CT molecular complexity index is 395. The Morgan fingerprint density at radius 2 is 2.12 bits per heavy atom. The molecule has 0 aromatic carbocycles. The van der Waals surface area contributed by atoms with Crippen LogP contribution in [0.4, 0.5) is 0 Å². The molecule has 4 nitrogen and oxygen atoms in total. The summed E-state index contributed by atoms with van der Waals surface area (Å²) in [6.07, 6.45) is 7.28. The van der Waals surface area contributed by atoms with Gasteiger partial charge < -0.3 is 9.80 Å². The first-order valence-corrected chi connectivity index (χ1v) is 6.06. The third kappa shape index (κ3) is 3.03. The van der Waals surface area contributed by atoms with Gasteiger partial charge in [0.25, 0.3) is 0 Å². The van der Waals surface area contributed by atoms with Crippen LogP contribution in [0.5, 0.6) is 0 Å². The standard InChI is InChI=1S/C13H19N3O/c1-11-4-3-5-12(10-14-11)16-9-8-15(2)7-6-13(16)17/h3-4,10H,5-9H2,1-2H3. The zero-order valence-corrected chi connectivity index (χ0v) is 10.5. The summed E-state index contributed by atoms with van der Waals surface area (Å²) in [5, 5.41) is 0. The number of carbonyl (C=O) groups is 1. The van der Waals surface area contributed by atoms with Gasteiger partial charge in [-0.15, -0.1) is 0 Å². The molecule has 0 aromatic heterocycles. The molecule has 0 aromatic rings. The highest BCUT2D eigenvalue weighted by atomic mass is 16.2. The van der Waals surface area contributed by atoms with E-state index in [2.05, 4.69) is 23.0 Å². The van der Waals surface area contributed by atoms with Crippen molar-refractivity contribution in [3.8, 4) is 0 Å². The van der Waals surface area contributed by atoms with E-state index in [1.54, 1.807) is 0 Å². The molecule has 0 spiro atoms. The molecule has 0 saturated carbocycles. The molecule has 4 heteroatoms. The second-order valence-electron chi connectivity index (χ2n) is 4.60. The average molecular weight is 233 g/mol. The van der Waals surface area contributed by atoms with Crippen molar-refractivity contribution in [2.45, 2.75) is 19.8 Å². The molecule has 2 rings (SSSR count). The average Bonchev–Trinajstić information content (AvgIpc) is 2.60. The predicted molar refractivity (Wildman–Crippen MR) is 68.8 cm³/mol. The summed E-state index contributed by atoms with van der Waals surface area (Å²) >= 11 is 0. The molecule has 2 aliphatic heterocycles. The maximum atomic E-state index is 12.0. The lowest BCUT2D eigenvalue weighted by molar-refractivity contribution is -0.128. The largest absolute Gasteiger partial charge is 0.313 e. The first-order valence-electron chi connectivity index (χ1n) is 6.06. The molecule has 2 aliphatic rings. The third-order valence-corrected chi connectivity index (χ3v) is 3.16. The Morgan fingerprint density at radius 1 is 1.29 bits per heavy atom. The molecule has 17 heavy (non-hydrogen) atoms. The van der Waals surface area contributed by atoms with E-state index in [9.17, 15) is 4.79 Å². The number of rotatable bonds is 1. The summed E-state index contributed by atoms with van der Waals surface area (Å²) in [5.74, 6) is 0.212. The van der Waals surface area contributed by atoms with Gasteiger partial charge in [-0.25, -0.2) is 0 Å². The number of carbonyl (C=O) groups excluding carboxylic acids is 1. The summed E-state index contributed by atoms with van der Waals surface area (Å²) < 4.78 is 0. The number of allylic oxidation sites excluding steroid dienone is 2. The summed E-state index contributed by atoms with van der Waals surface area (Å²) in [4.78, 5) is 20.4. The van der Waals surface area contributed by atoms with Gasteiger partial charge in [-0.3, -0.25) is 9.79 Å². The van der Waals surface area contributed by atoms with E-state index >= 15 is 0 Å². The molecule has 0 aliphatic carbocycles. The molecule has 0 N–H and O–H groups in total. The van der Waals surface area contributed by atoms with Crippen molar-refractivity contribution in [2.75, 3.05) is 26.7 Å². The van der Waals surface area contributed by atoms with E-state index in [0.717, 1.165) is 37.5 Å². The first-order chi connectivity index (χ1) is 8.16. The molecule has 1 fully saturated rings. The highest BCUT2D eigenvalue weighted by Crippen LogP contribution is 2.16. The van der Waals surface area contributed by atoms with E-state index < -0.39 is 0 Å². The van der Waals surface area contributed by atoms with Gasteiger partial charge in [-0.1, -0.05) is 6.08 Å². The topological polar surface area (TPSA) is 35.9 Å². The van der Waals surface area contributed by atoms with Crippen molar-refractivity contribution in [1.82, 2.24) is 9.80 Å². The Hall–Kier alpha value is -1.42. The van der Waals surface area contributed by atoms with Crippen LogP contribution in [-0.4, -0.2) is 48.1 Å². The second kappa shape index (κ2) is 5.27. The lowest BCUT2D eigenvalue weighted by Gasteiger charge is -2.22. The summed E-state index contributed by atoms with van der Waals surface area (Å²) in [7, 11) is 2.06. The lowest BCUT2D eigenvalue weighted by atomic mass is 10.2. The molecular formula is C13H19N3O. The van der Waals surface area contributed by atoms with Gasteiger partial charge >= 0.3 is 0 Å². The fourth-order valence-electron chi connectivity index (χ4n) is 2.03. The van der Waals surface area contributed by atoms with Crippen molar-refractivity contribution in [3.05, 3.63) is 24.0 Å². The molecular weight excluding hydrogens is 214 g/mol. The van der Waals surface area contributed by atoms with Crippen LogP contribution in [0.15, 0.2) is 29.0 Å². The van der Waals surface area contributed by atoms with Crippen LogP contribution in [0.3, 0.4) is 0 Å². The van der Waals surface area contributed by atoms with Gasteiger partial charge in [0.1, 0.15) is 0 Å². The minimum atomic E-state index is 0.212. The minimum absolute atomic E-state index is 0.212. The zero-order chi connectivity index (χ0) is 12.3. The minimum Gasteiger partial charge on any atom is -0.313 e. The van der Waals surface area contributed by atoms with Crippen LogP contribution >= 0.6 is 0 Å². The summed E-state index contributed by atoms with van der Waals surface area (Å²) in [6.45, 7) is 4.51. The third-order valence-electron chi connectivity index (χ3n) is 3.16. The Kier molecular flexibility index (Phi) is 3.74. The van der Waals surface area contributed by atoms with Gasteiger partial charge in [0, 0.05) is 50.1 Å². The molecule has 0 atom stereocenters. The van der Waals surface area contributed by atoms with Crippen LogP contribution in [0.2, 0.25) is 0 Å². The number of nitrogens with zero attached hydrogens (tertiary/aromatic N) is 3. The smallest absolute Gasteiger partial charge is 0.228 e. The monoisotopic (exact) mass is 233 g/mol. The second-order valence-corrected chi connectivity index (χ2v) is 4.60. The van der Waals surface area contributed by atoms with Gasteiger partial charge in [0.2, 0.25) is 5.91 Å². The van der Waals surface area contributed by atoms with Crippen LogP contribution in [0, 0.1) is 0 Å². The van der Waals surface area contributed by atoms with Crippen LogP contribution in [-0.2, 0) is 4.79 Å². The first kappa shape index (κ1) is 12.0. The summed E-state index contributed by atoms with van der Waals surface area (Å²) in [5.41, 5.74) is 2.00. The maximum absolute atomic E-state index is 12.0. The normalized spacial score (nSPS) is 22.9. The van der Waals surface area contributed by atoms with Crippen molar-refractivity contribution in [1.29, 1.82) is 0 Å². The summed E-state index contributed by atoms with van der Waals surface area (Å²) in [6, 6.07) is 0. The van der Waals surface area contributed by atoms with Gasteiger partial charge in [-0.05, 0) is 20.0 Å². The SMILES string of the molecule is CC1=NC=C(N2CCN(C)CCC2=O)CC=C1. The molecule has 2 heterocycles. The van der Waals surface area contributed by atoms with E-state index in [-0.39, 0.29) is 5.91 Å². The molecule has 0 bridgehead atoms. The Morgan fingerprint density at radius 3 is 2.94 bits per heavy atom. The van der Waals surface area contributed by atoms with Crippen LogP contribution < -0.4 is 0 Å². The predicted octanol–water partition coefficient (Wildman–Crippen LogP) is 1.41. The van der Waals surface area contributed by atoms with Gasteiger partial charge in [0.15, 0.2) is 0 Å². The Labute approximate surface area is 102 Å². The highest BCUT2D eigenvalue weighted by Gasteiger charge is 2.21. The van der Waals surface area contributed by atoms with Crippen molar-refractivity contribution < 1.29 is 4.79 Å². The van der Waals surface area contributed by atoms with Gasteiger partial charge in [-0.2, -0.15) is 0 Å². The van der Waals surface area contributed by atoms with E-state index in [1.807, 2.05) is 24.1 Å². The van der Waals surface area contributed by atoms with Gasteiger partial charge in [0.05, 0.1) is 0 Å². The fourth-order valence-corrected chi connectivity index (χ4v) is 2.03. The quantitative estimate of drug-likeness (QED) is 0.686. The number of likely N-dealkylation sites (N-methyl/N-ethyl adjacent to an activating group) is 1. The van der Waals surface area contributed by atoms with E-state index in [0.29, 0.717) is 6.42 Å². The van der Waals surface area contributed by atoms with Crippen molar-refractivity contribution >= 4 is 11.6 Å². The van der Waals surface area contributed by atoms with Crippen molar-refractivity contribution in [3.63, 3.8) is 0 Å². The number of aliphatic imine (C=N–C) groups is 1. The van der Waals surface area contributed by atoms with Crippen LogP contribution in [0.1, 0.15) is 19.8 Å². The number of amides is 1. The molecule has 92 valence electrons. The molecule has 0 radical (unpaired) electrons. The molecule has 1 amide bonds. The Balaban J connectivity index is 2.15. The zero-order valence-electron chi connectivity index (χ0n) is 10.5. The van der Waals surface area contributed by atoms with Crippen LogP contribution in [0.25, 0.3) is 0 Å². The van der Waals surface area contributed by atoms with E-state index in [1.165, 1.54) is 0 Å². The fraction of sp³-hybridized carbons (Fsp3) is 0.538. The number of hydrogen-bond donors (Lipinski definition) is 0. The molecule has 0 unspecified atom stereocenters. The highest BCUT2D eigenvalue weighted by molar-refractivity contribution is 5.93. The van der Waals surface area contributed by atoms with E-state index in [4.69, 9.17) is 0 Å². The number of hydrogen-bond acceptors (Lipinski definition) is 3. The van der Waals surface area contributed by atoms with Crippen molar-refractivity contribution in [2.24, 2.45) is 4.99 Å².